The average molecular weight is 304 g/mol. The molecule has 1 saturated carbocycles. The summed E-state index contributed by atoms with van der Waals surface area (Å²) in [4.78, 5) is 0. The van der Waals surface area contributed by atoms with Crippen LogP contribution in [0.5, 0.6) is 0 Å². The van der Waals surface area contributed by atoms with Gasteiger partial charge in [0.05, 0.1) is 5.75 Å². The number of unbranched alkanes of at least 4 members (excludes halogenated alkanes) is 6. The zero-order valence-electron chi connectivity index (χ0n) is 13.0. The van der Waals surface area contributed by atoms with Gasteiger partial charge in [-0.1, -0.05) is 39.0 Å². The van der Waals surface area contributed by atoms with Crippen molar-refractivity contribution in [3.8, 4) is 0 Å². The van der Waals surface area contributed by atoms with Gasteiger partial charge < -0.3 is 5.32 Å². The molecule has 1 rings (SSSR count). The molecule has 0 aromatic carbocycles. The molecule has 1 aliphatic carbocycles. The van der Waals surface area contributed by atoms with Gasteiger partial charge in [0.15, 0.2) is 0 Å². The predicted octanol–water partition coefficient (Wildman–Crippen LogP) is 2.80. The highest BCUT2D eigenvalue weighted by atomic mass is 32.2. The van der Waals surface area contributed by atoms with E-state index in [-0.39, 0.29) is 5.75 Å². The molecule has 2 N–H and O–H groups in total. The van der Waals surface area contributed by atoms with Crippen molar-refractivity contribution in [2.75, 3.05) is 18.8 Å². The minimum absolute atomic E-state index is 0.273. The molecule has 0 unspecified atom stereocenters. The zero-order chi connectivity index (χ0) is 14.7. The molecule has 0 spiro atoms. The standard InChI is InChI=1S/C15H32N2O2S/c1-2-3-4-5-6-7-13-17-20(18,19)14-9-8-12-16-15-10-11-15/h15-17H,2-14H2,1H3. The molecule has 20 heavy (non-hydrogen) atoms. The summed E-state index contributed by atoms with van der Waals surface area (Å²) < 4.78 is 26.2. The summed E-state index contributed by atoms with van der Waals surface area (Å²) in [7, 11) is -3.04. The predicted molar refractivity (Wildman–Crippen MR) is 85.4 cm³/mol. The van der Waals surface area contributed by atoms with Gasteiger partial charge in [-0.2, -0.15) is 0 Å². The van der Waals surface area contributed by atoms with Crippen LogP contribution in [-0.4, -0.2) is 33.3 Å². The summed E-state index contributed by atoms with van der Waals surface area (Å²) in [5, 5.41) is 3.40. The van der Waals surface area contributed by atoms with Gasteiger partial charge in [-0.05, 0) is 38.6 Å². The smallest absolute Gasteiger partial charge is 0.211 e. The molecule has 120 valence electrons. The van der Waals surface area contributed by atoms with Crippen LogP contribution in [0.15, 0.2) is 0 Å². The molecular weight excluding hydrogens is 272 g/mol. The van der Waals surface area contributed by atoms with Crippen molar-refractivity contribution in [2.45, 2.75) is 77.2 Å². The average Bonchev–Trinajstić information content (AvgIpc) is 3.21. The number of nitrogens with one attached hydrogen (secondary N) is 2. The summed E-state index contributed by atoms with van der Waals surface area (Å²) in [6.45, 7) is 3.76. The first-order chi connectivity index (χ1) is 9.64. The highest BCUT2D eigenvalue weighted by Crippen LogP contribution is 2.18. The number of sulfonamides is 1. The quantitative estimate of drug-likeness (QED) is 0.485. The normalized spacial score (nSPS) is 15.7. The molecule has 0 saturated heterocycles. The van der Waals surface area contributed by atoms with Crippen LogP contribution in [0.3, 0.4) is 0 Å². The van der Waals surface area contributed by atoms with Crippen LogP contribution in [0.1, 0.15) is 71.1 Å². The SMILES string of the molecule is CCCCCCCCNS(=O)(=O)CCCCNC1CC1. The Hall–Kier alpha value is -0.130. The molecule has 0 bridgehead atoms. The Bertz CT molecular complexity index is 327. The Morgan fingerprint density at radius 1 is 0.900 bits per heavy atom. The van der Waals surface area contributed by atoms with Crippen LogP contribution in [0, 0.1) is 0 Å². The van der Waals surface area contributed by atoms with E-state index in [1.54, 1.807) is 0 Å². The lowest BCUT2D eigenvalue weighted by Crippen LogP contribution is -2.28. The second kappa shape index (κ2) is 10.6. The van der Waals surface area contributed by atoms with E-state index in [0.717, 1.165) is 38.3 Å². The second-order valence-electron chi connectivity index (χ2n) is 5.92. The van der Waals surface area contributed by atoms with Crippen molar-refractivity contribution in [3.63, 3.8) is 0 Å². The first-order valence-electron chi connectivity index (χ1n) is 8.35. The van der Waals surface area contributed by atoms with Crippen molar-refractivity contribution in [3.05, 3.63) is 0 Å². The Balaban J connectivity index is 1.88. The second-order valence-corrected chi connectivity index (χ2v) is 7.84. The molecule has 0 amide bonds. The molecule has 1 fully saturated rings. The molecule has 0 aliphatic heterocycles. The van der Waals surface area contributed by atoms with Gasteiger partial charge in [0.2, 0.25) is 10.0 Å². The Kier molecular flexibility index (Phi) is 9.48. The monoisotopic (exact) mass is 304 g/mol. The van der Waals surface area contributed by atoms with Crippen molar-refractivity contribution in [2.24, 2.45) is 0 Å². The van der Waals surface area contributed by atoms with Crippen LogP contribution in [-0.2, 0) is 10.0 Å². The molecule has 0 aromatic rings. The molecule has 1 aliphatic rings. The van der Waals surface area contributed by atoms with Crippen molar-refractivity contribution in [1.29, 1.82) is 0 Å². The fraction of sp³-hybridized carbons (Fsp3) is 1.00. The fourth-order valence-electron chi connectivity index (χ4n) is 2.22. The highest BCUT2D eigenvalue weighted by Gasteiger charge is 2.19. The Morgan fingerprint density at radius 2 is 1.55 bits per heavy atom. The minimum atomic E-state index is -3.04. The molecule has 0 aromatic heterocycles. The van der Waals surface area contributed by atoms with Crippen LogP contribution < -0.4 is 10.0 Å². The molecule has 5 heteroatoms. The van der Waals surface area contributed by atoms with Crippen molar-refractivity contribution in [1.82, 2.24) is 10.0 Å². The van der Waals surface area contributed by atoms with E-state index >= 15 is 0 Å². The van der Waals surface area contributed by atoms with Gasteiger partial charge in [0, 0.05) is 12.6 Å². The first-order valence-corrected chi connectivity index (χ1v) is 10.00. The van der Waals surface area contributed by atoms with Gasteiger partial charge in [-0.3, -0.25) is 0 Å². The molecule has 0 heterocycles. The van der Waals surface area contributed by atoms with E-state index in [2.05, 4.69) is 17.0 Å². The van der Waals surface area contributed by atoms with Crippen molar-refractivity contribution >= 4 is 10.0 Å². The van der Waals surface area contributed by atoms with E-state index in [0.29, 0.717) is 6.54 Å². The maximum Gasteiger partial charge on any atom is 0.211 e. The van der Waals surface area contributed by atoms with Crippen LogP contribution in [0.4, 0.5) is 0 Å². The molecular formula is C15H32N2O2S. The van der Waals surface area contributed by atoms with Crippen molar-refractivity contribution < 1.29 is 8.42 Å². The third-order valence-electron chi connectivity index (χ3n) is 3.70. The van der Waals surface area contributed by atoms with Gasteiger partial charge in [-0.25, -0.2) is 13.1 Å². The van der Waals surface area contributed by atoms with Gasteiger partial charge in [0.1, 0.15) is 0 Å². The third kappa shape index (κ3) is 10.6. The highest BCUT2D eigenvalue weighted by molar-refractivity contribution is 7.89. The maximum absolute atomic E-state index is 11.7. The summed E-state index contributed by atoms with van der Waals surface area (Å²) in [5.74, 6) is 0.273. The topological polar surface area (TPSA) is 58.2 Å². The summed E-state index contributed by atoms with van der Waals surface area (Å²) in [6, 6.07) is 0.720. The molecule has 4 nitrogen and oxygen atoms in total. The molecule has 0 radical (unpaired) electrons. The number of rotatable bonds is 14. The van der Waals surface area contributed by atoms with Gasteiger partial charge >= 0.3 is 0 Å². The van der Waals surface area contributed by atoms with Gasteiger partial charge in [-0.15, -0.1) is 0 Å². The minimum Gasteiger partial charge on any atom is -0.314 e. The summed E-state index contributed by atoms with van der Waals surface area (Å²) >= 11 is 0. The summed E-state index contributed by atoms with van der Waals surface area (Å²) in [5.41, 5.74) is 0. The first kappa shape index (κ1) is 17.9. The summed E-state index contributed by atoms with van der Waals surface area (Å²) in [6.07, 6.45) is 11.4. The van der Waals surface area contributed by atoms with Crippen LogP contribution in [0.2, 0.25) is 0 Å². The lowest BCUT2D eigenvalue weighted by molar-refractivity contribution is 0.562. The largest absolute Gasteiger partial charge is 0.314 e. The lowest BCUT2D eigenvalue weighted by Gasteiger charge is -2.07. The van der Waals surface area contributed by atoms with E-state index in [9.17, 15) is 8.42 Å². The number of hydrogen-bond donors (Lipinski definition) is 2. The van der Waals surface area contributed by atoms with E-state index in [1.165, 1.54) is 38.5 Å². The van der Waals surface area contributed by atoms with Crippen LogP contribution in [0.25, 0.3) is 0 Å². The van der Waals surface area contributed by atoms with Crippen LogP contribution >= 0.6 is 0 Å². The fourth-order valence-corrected chi connectivity index (χ4v) is 3.40. The number of hydrogen-bond acceptors (Lipinski definition) is 3. The maximum atomic E-state index is 11.7. The third-order valence-corrected chi connectivity index (χ3v) is 5.17. The Morgan fingerprint density at radius 3 is 2.25 bits per heavy atom. The lowest BCUT2D eigenvalue weighted by atomic mass is 10.1. The zero-order valence-corrected chi connectivity index (χ0v) is 13.8. The van der Waals surface area contributed by atoms with E-state index in [1.807, 2.05) is 0 Å². The Labute approximate surface area is 125 Å². The van der Waals surface area contributed by atoms with Gasteiger partial charge in [0.25, 0.3) is 0 Å². The molecule has 0 atom stereocenters. The van der Waals surface area contributed by atoms with E-state index in [4.69, 9.17) is 0 Å². The van der Waals surface area contributed by atoms with E-state index < -0.39 is 10.0 Å².